The van der Waals surface area contributed by atoms with Gasteiger partial charge in [-0.15, -0.1) is 10.2 Å². The molecule has 0 radical (unpaired) electrons. The highest BCUT2D eigenvalue weighted by Crippen LogP contribution is 2.30. The van der Waals surface area contributed by atoms with Gasteiger partial charge < -0.3 is 14.6 Å². The summed E-state index contributed by atoms with van der Waals surface area (Å²) in [6, 6.07) is 22.6. The van der Waals surface area contributed by atoms with Gasteiger partial charge in [-0.25, -0.2) is 4.98 Å². The zero-order valence-corrected chi connectivity index (χ0v) is 22.2. The van der Waals surface area contributed by atoms with E-state index in [1.165, 1.54) is 11.7 Å². The maximum Gasteiger partial charge on any atom is 0.256 e. The van der Waals surface area contributed by atoms with Gasteiger partial charge in [-0.05, 0) is 47.2 Å². The first-order chi connectivity index (χ1) is 19.5. The van der Waals surface area contributed by atoms with Crippen LogP contribution in [-0.4, -0.2) is 73.0 Å². The molecule has 3 heterocycles. The molecule has 0 aliphatic carbocycles. The van der Waals surface area contributed by atoms with E-state index in [9.17, 15) is 9.59 Å². The first-order valence-corrected chi connectivity index (χ1v) is 13.1. The molecule has 5 aromatic rings. The molecule has 1 fully saturated rings. The summed E-state index contributed by atoms with van der Waals surface area (Å²) in [6.45, 7) is 3.88. The number of hydrogen-bond donors (Lipinski definition) is 1. The standard InChI is InChI=1S/C29H28N8O3/c1-19(38)30-22-13-11-21(12-14-22)28-31-25-23(9-6-10-24(25)40-28)29(39)37-17-15-36(16-18-37)26(20-7-4-3-5-8-20)27-32-34-35(2)33-27/h3-14,26H,15-18H2,1-2H3,(H,30,38). The van der Waals surface area contributed by atoms with E-state index < -0.39 is 0 Å². The lowest BCUT2D eigenvalue weighted by Crippen LogP contribution is -2.50. The highest BCUT2D eigenvalue weighted by molar-refractivity contribution is 6.05. The van der Waals surface area contributed by atoms with Crippen LogP contribution in [-0.2, 0) is 11.8 Å². The molecule has 1 unspecified atom stereocenters. The average Bonchev–Trinajstić information content (AvgIpc) is 3.60. The topological polar surface area (TPSA) is 122 Å². The van der Waals surface area contributed by atoms with Crippen molar-refractivity contribution in [2.45, 2.75) is 13.0 Å². The maximum atomic E-state index is 13.7. The highest BCUT2D eigenvalue weighted by atomic mass is 16.3. The number of anilines is 1. The zero-order chi connectivity index (χ0) is 27.6. The Morgan fingerprint density at radius 1 is 0.925 bits per heavy atom. The summed E-state index contributed by atoms with van der Waals surface area (Å²) in [6.07, 6.45) is 0. The van der Waals surface area contributed by atoms with Crippen molar-refractivity contribution in [1.29, 1.82) is 0 Å². The molecule has 3 aromatic carbocycles. The van der Waals surface area contributed by atoms with Crippen molar-refractivity contribution in [2.24, 2.45) is 7.05 Å². The number of carbonyl (C=O) groups is 2. The molecule has 6 rings (SSSR count). The van der Waals surface area contributed by atoms with Crippen LogP contribution in [0.5, 0.6) is 0 Å². The summed E-state index contributed by atoms with van der Waals surface area (Å²) < 4.78 is 6.00. The number of aromatic nitrogens is 5. The van der Waals surface area contributed by atoms with Gasteiger partial charge in [0.2, 0.25) is 11.8 Å². The van der Waals surface area contributed by atoms with Crippen LogP contribution in [0.3, 0.4) is 0 Å². The summed E-state index contributed by atoms with van der Waals surface area (Å²) in [7, 11) is 1.76. The number of para-hydroxylation sites is 1. The number of carbonyl (C=O) groups excluding carboxylic acids is 2. The number of hydrogen-bond acceptors (Lipinski definition) is 8. The van der Waals surface area contributed by atoms with E-state index in [2.05, 4.69) is 42.7 Å². The third kappa shape index (κ3) is 5.06. The SMILES string of the molecule is CC(=O)Nc1ccc(-c2nc3c(C(=O)N4CCN(C(c5ccccc5)c5nnn(C)n5)CC4)cccc3o2)cc1. The third-order valence-corrected chi connectivity index (χ3v) is 6.95. The van der Waals surface area contributed by atoms with E-state index in [4.69, 9.17) is 4.42 Å². The molecule has 202 valence electrons. The van der Waals surface area contributed by atoms with Crippen LogP contribution < -0.4 is 5.32 Å². The lowest BCUT2D eigenvalue weighted by molar-refractivity contribution is -0.114. The van der Waals surface area contributed by atoms with Gasteiger partial charge in [-0.1, -0.05) is 36.4 Å². The van der Waals surface area contributed by atoms with Gasteiger partial charge in [0, 0.05) is 44.4 Å². The molecule has 40 heavy (non-hydrogen) atoms. The number of nitrogens with one attached hydrogen (secondary N) is 1. The van der Waals surface area contributed by atoms with E-state index in [1.807, 2.05) is 47.4 Å². The van der Waals surface area contributed by atoms with Crippen molar-refractivity contribution in [3.63, 3.8) is 0 Å². The Labute approximate surface area is 230 Å². The van der Waals surface area contributed by atoms with Gasteiger partial charge in [0.05, 0.1) is 18.7 Å². The predicted octanol–water partition coefficient (Wildman–Crippen LogP) is 3.52. The molecule has 11 nitrogen and oxygen atoms in total. The molecule has 1 N–H and O–H groups in total. The highest BCUT2D eigenvalue weighted by Gasteiger charge is 2.32. The molecule has 0 bridgehead atoms. The number of tetrazole rings is 1. The van der Waals surface area contributed by atoms with Gasteiger partial charge in [-0.2, -0.15) is 4.80 Å². The minimum absolute atomic E-state index is 0.0833. The van der Waals surface area contributed by atoms with Crippen molar-refractivity contribution < 1.29 is 14.0 Å². The predicted molar refractivity (Wildman–Crippen MR) is 148 cm³/mol. The van der Waals surface area contributed by atoms with E-state index in [-0.39, 0.29) is 17.9 Å². The van der Waals surface area contributed by atoms with E-state index >= 15 is 0 Å². The van der Waals surface area contributed by atoms with Crippen LogP contribution in [0.25, 0.3) is 22.6 Å². The average molecular weight is 537 g/mol. The van der Waals surface area contributed by atoms with Crippen molar-refractivity contribution in [3.05, 3.63) is 89.7 Å². The largest absolute Gasteiger partial charge is 0.436 e. The zero-order valence-electron chi connectivity index (χ0n) is 22.2. The fraction of sp³-hybridized carbons (Fsp3) is 0.241. The Morgan fingerprint density at radius 3 is 2.35 bits per heavy atom. The Hall–Kier alpha value is -4.90. The molecule has 0 saturated carbocycles. The summed E-state index contributed by atoms with van der Waals surface area (Å²) in [5, 5.41) is 15.6. The van der Waals surface area contributed by atoms with Crippen molar-refractivity contribution in [1.82, 2.24) is 35.0 Å². The minimum atomic E-state index is -0.147. The second kappa shape index (κ2) is 10.7. The Kier molecular flexibility index (Phi) is 6.79. The van der Waals surface area contributed by atoms with E-state index in [0.29, 0.717) is 60.2 Å². The number of oxazole rings is 1. The monoisotopic (exact) mass is 536 g/mol. The van der Waals surface area contributed by atoms with E-state index in [0.717, 1.165) is 11.1 Å². The van der Waals surface area contributed by atoms with Crippen LogP contribution >= 0.6 is 0 Å². The smallest absolute Gasteiger partial charge is 0.256 e. The third-order valence-electron chi connectivity index (χ3n) is 6.95. The number of amides is 2. The van der Waals surface area contributed by atoms with Crippen molar-refractivity contribution in [2.75, 3.05) is 31.5 Å². The molecule has 2 amide bonds. The van der Waals surface area contributed by atoms with Gasteiger partial charge in [0.25, 0.3) is 5.91 Å². The summed E-state index contributed by atoms with van der Waals surface area (Å²) in [5.74, 6) is 0.828. The summed E-state index contributed by atoms with van der Waals surface area (Å²) >= 11 is 0. The van der Waals surface area contributed by atoms with Crippen LogP contribution in [0.1, 0.15) is 34.7 Å². The van der Waals surface area contributed by atoms with E-state index in [1.54, 1.807) is 25.2 Å². The van der Waals surface area contributed by atoms with Crippen LogP contribution in [0.2, 0.25) is 0 Å². The minimum Gasteiger partial charge on any atom is -0.436 e. The second-order valence-electron chi connectivity index (χ2n) is 9.71. The molecule has 1 atom stereocenters. The fourth-order valence-electron chi connectivity index (χ4n) is 5.06. The van der Waals surface area contributed by atoms with Crippen LogP contribution in [0.15, 0.2) is 77.2 Å². The summed E-state index contributed by atoms with van der Waals surface area (Å²) in [4.78, 5) is 35.3. The van der Waals surface area contributed by atoms with Crippen molar-refractivity contribution >= 4 is 28.6 Å². The van der Waals surface area contributed by atoms with Crippen molar-refractivity contribution in [3.8, 4) is 11.5 Å². The van der Waals surface area contributed by atoms with Gasteiger partial charge in [0.15, 0.2) is 11.4 Å². The number of piperazine rings is 1. The number of rotatable bonds is 6. The molecule has 1 aliphatic rings. The number of aryl methyl sites for hydroxylation is 1. The van der Waals surface area contributed by atoms with Crippen LogP contribution in [0, 0.1) is 0 Å². The molecule has 1 aliphatic heterocycles. The Morgan fingerprint density at radius 2 is 1.68 bits per heavy atom. The Bertz CT molecular complexity index is 1650. The first-order valence-electron chi connectivity index (χ1n) is 13.1. The lowest BCUT2D eigenvalue weighted by Gasteiger charge is -2.38. The number of nitrogens with zero attached hydrogens (tertiary/aromatic N) is 7. The van der Waals surface area contributed by atoms with Gasteiger partial charge in [0.1, 0.15) is 5.52 Å². The normalized spacial score (nSPS) is 14.8. The lowest BCUT2D eigenvalue weighted by atomic mass is 10.0. The quantitative estimate of drug-likeness (QED) is 0.350. The maximum absolute atomic E-state index is 13.7. The summed E-state index contributed by atoms with van der Waals surface area (Å²) in [5.41, 5.74) is 4.10. The second-order valence-corrected chi connectivity index (χ2v) is 9.71. The molecular weight excluding hydrogens is 508 g/mol. The van der Waals surface area contributed by atoms with Crippen LogP contribution in [0.4, 0.5) is 5.69 Å². The first kappa shape index (κ1) is 25.4. The van der Waals surface area contributed by atoms with Gasteiger partial charge in [-0.3, -0.25) is 14.5 Å². The molecule has 0 spiro atoms. The molecule has 2 aromatic heterocycles. The van der Waals surface area contributed by atoms with Gasteiger partial charge >= 0.3 is 0 Å². The Balaban J connectivity index is 1.20. The number of benzene rings is 3. The molecule has 11 heteroatoms. The number of fused-ring (bicyclic) bond motifs is 1. The fourth-order valence-corrected chi connectivity index (χ4v) is 5.06. The molecular formula is C29H28N8O3. The molecule has 1 saturated heterocycles.